The molecule has 0 atom stereocenters. The summed E-state index contributed by atoms with van der Waals surface area (Å²) in [5.41, 5.74) is 9.41. The number of benzene rings is 1. The van der Waals surface area contributed by atoms with Crippen molar-refractivity contribution in [3.8, 4) is 0 Å². The van der Waals surface area contributed by atoms with E-state index in [1.807, 2.05) is 26.0 Å². The molecule has 0 aliphatic heterocycles. The van der Waals surface area contributed by atoms with Gasteiger partial charge in [0.1, 0.15) is 0 Å². The van der Waals surface area contributed by atoms with Gasteiger partial charge >= 0.3 is 0 Å². The molecule has 0 aliphatic carbocycles. The van der Waals surface area contributed by atoms with Gasteiger partial charge in [-0.1, -0.05) is 13.3 Å². The van der Waals surface area contributed by atoms with E-state index < -0.39 is 0 Å². The van der Waals surface area contributed by atoms with Crippen molar-refractivity contribution < 1.29 is 4.79 Å². The maximum Gasteiger partial charge on any atom is 0.164 e. The number of unbranched alkanes of at least 4 members (excludes halogenated alkanes) is 1. The van der Waals surface area contributed by atoms with Crippen LogP contribution in [0.3, 0.4) is 0 Å². The van der Waals surface area contributed by atoms with Gasteiger partial charge < -0.3 is 5.73 Å². The summed E-state index contributed by atoms with van der Waals surface area (Å²) in [5.74, 6) is 0.164. The number of ketones is 1. The van der Waals surface area contributed by atoms with Gasteiger partial charge in [-0.2, -0.15) is 0 Å². The summed E-state index contributed by atoms with van der Waals surface area (Å²) >= 11 is 0. The Hall–Kier alpha value is -1.31. The molecule has 0 fully saturated rings. The van der Waals surface area contributed by atoms with Gasteiger partial charge in [0.15, 0.2) is 5.78 Å². The smallest absolute Gasteiger partial charge is 0.164 e. The number of rotatable bonds is 4. The predicted molar refractivity (Wildman–Crippen MR) is 64.2 cm³/mol. The van der Waals surface area contributed by atoms with Crippen LogP contribution in [0.1, 0.15) is 47.7 Å². The van der Waals surface area contributed by atoms with E-state index in [4.69, 9.17) is 5.73 Å². The minimum atomic E-state index is 0.164. The molecule has 1 aromatic rings. The molecule has 2 N–H and O–H groups in total. The fourth-order valence-electron chi connectivity index (χ4n) is 1.55. The minimum absolute atomic E-state index is 0.164. The molecule has 0 saturated carbocycles. The summed E-state index contributed by atoms with van der Waals surface area (Å²) in [4.78, 5) is 11.8. The second-order valence-corrected chi connectivity index (χ2v) is 4.05. The zero-order chi connectivity index (χ0) is 11.4. The predicted octanol–water partition coefficient (Wildman–Crippen LogP) is 3.26. The lowest BCUT2D eigenvalue weighted by atomic mass is 9.99. The molecular weight excluding hydrogens is 186 g/mol. The Labute approximate surface area is 91.5 Å². The fraction of sp³-hybridized carbons (Fsp3) is 0.462. The van der Waals surface area contributed by atoms with Gasteiger partial charge in [-0.25, -0.2) is 0 Å². The van der Waals surface area contributed by atoms with Crippen LogP contribution in [0.25, 0.3) is 0 Å². The van der Waals surface area contributed by atoms with E-state index in [1.54, 1.807) is 0 Å². The van der Waals surface area contributed by atoms with Gasteiger partial charge in [0, 0.05) is 17.7 Å². The van der Waals surface area contributed by atoms with Crippen molar-refractivity contribution in [2.45, 2.75) is 40.0 Å². The van der Waals surface area contributed by atoms with E-state index in [0.717, 1.165) is 24.0 Å². The first kappa shape index (κ1) is 11.8. The molecule has 0 amide bonds. The largest absolute Gasteiger partial charge is 0.398 e. The van der Waals surface area contributed by atoms with Gasteiger partial charge in [0.05, 0.1) is 0 Å². The zero-order valence-corrected chi connectivity index (χ0v) is 9.76. The Bertz CT molecular complexity index is 369. The number of carbonyl (C=O) groups is 1. The Balaban J connectivity index is 2.94. The van der Waals surface area contributed by atoms with Crippen LogP contribution in [0.2, 0.25) is 0 Å². The first-order valence-electron chi connectivity index (χ1n) is 5.46. The molecule has 0 aromatic heterocycles. The third kappa shape index (κ3) is 2.82. The Morgan fingerprint density at radius 3 is 2.47 bits per heavy atom. The topological polar surface area (TPSA) is 43.1 Å². The molecular formula is C13H19NO. The SMILES string of the molecule is CCCCC(=O)c1cc(C)c(C)cc1N. The number of anilines is 1. The Morgan fingerprint density at radius 1 is 1.27 bits per heavy atom. The zero-order valence-electron chi connectivity index (χ0n) is 9.76. The summed E-state index contributed by atoms with van der Waals surface area (Å²) in [6.45, 7) is 6.09. The maximum atomic E-state index is 11.8. The van der Waals surface area contributed by atoms with Crippen LogP contribution in [0.15, 0.2) is 12.1 Å². The van der Waals surface area contributed by atoms with Gasteiger partial charge in [0.25, 0.3) is 0 Å². The highest BCUT2D eigenvalue weighted by Crippen LogP contribution is 2.20. The molecule has 0 aliphatic rings. The van der Waals surface area contributed by atoms with E-state index in [-0.39, 0.29) is 5.78 Å². The maximum absolute atomic E-state index is 11.8. The van der Waals surface area contributed by atoms with Crippen molar-refractivity contribution in [1.29, 1.82) is 0 Å². The number of hydrogen-bond donors (Lipinski definition) is 1. The lowest BCUT2D eigenvalue weighted by Gasteiger charge is -2.08. The van der Waals surface area contributed by atoms with Crippen molar-refractivity contribution in [1.82, 2.24) is 0 Å². The Morgan fingerprint density at radius 2 is 1.87 bits per heavy atom. The van der Waals surface area contributed by atoms with E-state index in [9.17, 15) is 4.79 Å². The van der Waals surface area contributed by atoms with E-state index in [2.05, 4.69) is 6.92 Å². The normalized spacial score (nSPS) is 10.3. The lowest BCUT2D eigenvalue weighted by Crippen LogP contribution is -2.05. The second-order valence-electron chi connectivity index (χ2n) is 4.05. The first-order valence-corrected chi connectivity index (χ1v) is 5.46. The molecule has 0 heterocycles. The van der Waals surface area contributed by atoms with Crippen molar-refractivity contribution in [2.75, 3.05) is 5.73 Å². The van der Waals surface area contributed by atoms with Crippen LogP contribution in [0.4, 0.5) is 5.69 Å². The summed E-state index contributed by atoms with van der Waals surface area (Å²) in [6, 6.07) is 3.79. The number of nitrogen functional groups attached to an aromatic ring is 1. The molecule has 15 heavy (non-hydrogen) atoms. The lowest BCUT2D eigenvalue weighted by molar-refractivity contribution is 0.0980. The van der Waals surface area contributed by atoms with Crippen LogP contribution >= 0.6 is 0 Å². The average molecular weight is 205 g/mol. The fourth-order valence-corrected chi connectivity index (χ4v) is 1.55. The molecule has 0 spiro atoms. The monoisotopic (exact) mass is 205 g/mol. The molecule has 0 saturated heterocycles. The average Bonchev–Trinajstić information content (AvgIpc) is 2.20. The molecule has 82 valence electrons. The van der Waals surface area contributed by atoms with Gasteiger partial charge in [-0.15, -0.1) is 0 Å². The summed E-state index contributed by atoms with van der Waals surface area (Å²) in [6.07, 6.45) is 2.57. The molecule has 0 radical (unpaired) electrons. The van der Waals surface area contributed by atoms with Crippen molar-refractivity contribution in [3.63, 3.8) is 0 Å². The van der Waals surface area contributed by atoms with Crippen LogP contribution in [-0.2, 0) is 0 Å². The highest BCUT2D eigenvalue weighted by Gasteiger charge is 2.10. The number of hydrogen-bond acceptors (Lipinski definition) is 2. The number of Topliss-reactive ketones (excluding diaryl/α,β-unsaturated/α-hetero) is 1. The quantitative estimate of drug-likeness (QED) is 0.605. The summed E-state index contributed by atoms with van der Waals surface area (Å²) in [7, 11) is 0. The van der Waals surface area contributed by atoms with Crippen LogP contribution < -0.4 is 5.73 Å². The molecule has 0 unspecified atom stereocenters. The van der Waals surface area contributed by atoms with Gasteiger partial charge in [0.2, 0.25) is 0 Å². The highest BCUT2D eigenvalue weighted by molar-refractivity contribution is 6.01. The van der Waals surface area contributed by atoms with Crippen LogP contribution in [0.5, 0.6) is 0 Å². The minimum Gasteiger partial charge on any atom is -0.398 e. The number of nitrogens with two attached hydrogens (primary N) is 1. The highest BCUT2D eigenvalue weighted by atomic mass is 16.1. The van der Waals surface area contributed by atoms with E-state index >= 15 is 0 Å². The summed E-state index contributed by atoms with van der Waals surface area (Å²) < 4.78 is 0. The van der Waals surface area contributed by atoms with E-state index in [0.29, 0.717) is 17.7 Å². The third-order valence-corrected chi connectivity index (χ3v) is 2.72. The van der Waals surface area contributed by atoms with Crippen molar-refractivity contribution in [2.24, 2.45) is 0 Å². The first-order chi connectivity index (χ1) is 7.06. The van der Waals surface area contributed by atoms with Gasteiger partial charge in [-0.05, 0) is 43.5 Å². The molecule has 2 heteroatoms. The molecule has 1 rings (SSSR count). The van der Waals surface area contributed by atoms with E-state index in [1.165, 1.54) is 0 Å². The number of aryl methyl sites for hydroxylation is 2. The number of carbonyl (C=O) groups excluding carboxylic acids is 1. The second kappa shape index (κ2) is 4.96. The third-order valence-electron chi connectivity index (χ3n) is 2.72. The van der Waals surface area contributed by atoms with Gasteiger partial charge in [-0.3, -0.25) is 4.79 Å². The van der Waals surface area contributed by atoms with Crippen molar-refractivity contribution in [3.05, 3.63) is 28.8 Å². The standard InChI is InChI=1S/C13H19NO/c1-4-5-6-13(15)11-7-9(2)10(3)8-12(11)14/h7-8H,4-6,14H2,1-3H3. The molecule has 0 bridgehead atoms. The molecule has 1 aromatic carbocycles. The summed E-state index contributed by atoms with van der Waals surface area (Å²) in [5, 5.41) is 0. The van der Waals surface area contributed by atoms with Crippen LogP contribution in [-0.4, -0.2) is 5.78 Å². The Kier molecular flexibility index (Phi) is 3.89. The van der Waals surface area contributed by atoms with Crippen molar-refractivity contribution >= 4 is 11.5 Å². The van der Waals surface area contributed by atoms with Crippen LogP contribution in [0, 0.1) is 13.8 Å². The molecule has 2 nitrogen and oxygen atoms in total.